The third-order valence-electron chi connectivity index (χ3n) is 3.02. The van der Waals surface area contributed by atoms with Gasteiger partial charge in [0, 0.05) is 11.6 Å². The first kappa shape index (κ1) is 17.4. The van der Waals surface area contributed by atoms with E-state index in [9.17, 15) is 18.5 Å². The van der Waals surface area contributed by atoms with E-state index < -0.39 is 20.6 Å². The van der Waals surface area contributed by atoms with Gasteiger partial charge in [-0.1, -0.05) is 12.1 Å². The summed E-state index contributed by atoms with van der Waals surface area (Å²) in [5.74, 6) is 0.585. The molecule has 24 heavy (non-hydrogen) atoms. The van der Waals surface area contributed by atoms with Crippen LogP contribution in [0.1, 0.15) is 5.56 Å². The molecule has 2 aromatic carbocycles. The molecule has 0 atom stereocenters. The number of rotatable bonds is 6. The van der Waals surface area contributed by atoms with Crippen LogP contribution in [0.5, 0.6) is 5.75 Å². The minimum atomic E-state index is -4.04. The highest BCUT2D eigenvalue weighted by molar-refractivity contribution is 7.89. The summed E-state index contributed by atoms with van der Waals surface area (Å²) in [5, 5.41) is 20.0. The molecule has 0 aliphatic heterocycles. The number of para-hydroxylation sites is 1. The fourth-order valence-electron chi connectivity index (χ4n) is 1.88. The third-order valence-corrected chi connectivity index (χ3v) is 3.93. The second-order valence-corrected chi connectivity index (χ2v) is 6.15. The van der Waals surface area contributed by atoms with Crippen molar-refractivity contribution in [3.63, 3.8) is 0 Å². The van der Waals surface area contributed by atoms with Gasteiger partial charge in [-0.3, -0.25) is 15.5 Å². The lowest BCUT2D eigenvalue weighted by Crippen LogP contribution is -2.12. The normalized spacial score (nSPS) is 11.4. The molecular weight excluding hydrogens is 336 g/mol. The summed E-state index contributed by atoms with van der Waals surface area (Å²) in [6.07, 6.45) is 1.43. The number of nitrogens with two attached hydrogens (primary N) is 1. The number of nitro benzene ring substituents is 1. The topological polar surface area (TPSA) is 137 Å². The van der Waals surface area contributed by atoms with Crippen LogP contribution in [0.3, 0.4) is 0 Å². The van der Waals surface area contributed by atoms with Crippen LogP contribution in [0.2, 0.25) is 0 Å². The number of hydrazone groups is 1. The number of primary sulfonamides is 1. The summed E-state index contributed by atoms with van der Waals surface area (Å²) in [6.45, 7) is 0. The average Bonchev–Trinajstić information content (AvgIpc) is 2.54. The molecule has 0 aliphatic rings. The maximum absolute atomic E-state index is 11.3. The van der Waals surface area contributed by atoms with Crippen molar-refractivity contribution in [2.24, 2.45) is 10.2 Å². The van der Waals surface area contributed by atoms with Gasteiger partial charge in [0.25, 0.3) is 5.69 Å². The molecule has 10 heteroatoms. The van der Waals surface area contributed by atoms with Crippen molar-refractivity contribution in [2.45, 2.75) is 4.90 Å². The predicted octanol–water partition coefficient (Wildman–Crippen LogP) is 1.70. The van der Waals surface area contributed by atoms with Crippen LogP contribution in [0.4, 0.5) is 11.4 Å². The Hall–Kier alpha value is -2.98. The maximum atomic E-state index is 11.3. The smallest absolute Gasteiger partial charge is 0.295 e. The number of nitrogens with zero attached hydrogens (tertiary/aromatic N) is 2. The number of nitro groups is 1. The first-order valence-corrected chi connectivity index (χ1v) is 8.11. The average molecular weight is 350 g/mol. The van der Waals surface area contributed by atoms with Gasteiger partial charge in [0.2, 0.25) is 10.0 Å². The van der Waals surface area contributed by atoms with Gasteiger partial charge in [0.1, 0.15) is 11.4 Å². The van der Waals surface area contributed by atoms with Gasteiger partial charge < -0.3 is 4.74 Å². The van der Waals surface area contributed by atoms with Crippen LogP contribution >= 0.6 is 0 Å². The Bertz CT molecular complexity index is 896. The number of sulfonamides is 1. The summed E-state index contributed by atoms with van der Waals surface area (Å²) in [4.78, 5) is 10.0. The van der Waals surface area contributed by atoms with Crippen LogP contribution in [-0.2, 0) is 10.0 Å². The molecule has 0 saturated carbocycles. The van der Waals surface area contributed by atoms with Crippen molar-refractivity contribution in [1.29, 1.82) is 0 Å². The lowest BCUT2D eigenvalue weighted by molar-refractivity contribution is -0.384. The molecule has 0 heterocycles. The van der Waals surface area contributed by atoms with Crippen LogP contribution in [0.15, 0.2) is 52.5 Å². The monoisotopic (exact) mass is 350 g/mol. The Balaban J connectivity index is 2.29. The van der Waals surface area contributed by atoms with Gasteiger partial charge in [-0.25, -0.2) is 13.6 Å². The van der Waals surface area contributed by atoms with Crippen molar-refractivity contribution in [2.75, 3.05) is 12.5 Å². The molecule has 2 aromatic rings. The van der Waals surface area contributed by atoms with E-state index in [0.29, 0.717) is 11.3 Å². The van der Waals surface area contributed by atoms with E-state index in [0.717, 1.165) is 12.1 Å². The Kier molecular flexibility index (Phi) is 5.11. The second kappa shape index (κ2) is 7.06. The Labute approximate surface area is 138 Å². The largest absolute Gasteiger partial charge is 0.496 e. The highest BCUT2D eigenvalue weighted by Crippen LogP contribution is 2.27. The number of nitrogens with one attached hydrogen (secondary N) is 1. The van der Waals surface area contributed by atoms with Crippen LogP contribution in [0.25, 0.3) is 0 Å². The highest BCUT2D eigenvalue weighted by atomic mass is 32.2. The van der Waals surface area contributed by atoms with Crippen LogP contribution in [-0.4, -0.2) is 26.7 Å². The van der Waals surface area contributed by atoms with E-state index in [-0.39, 0.29) is 10.6 Å². The number of anilines is 1. The van der Waals surface area contributed by atoms with Gasteiger partial charge in [0.15, 0.2) is 0 Å². The van der Waals surface area contributed by atoms with Crippen LogP contribution < -0.4 is 15.3 Å². The molecule has 0 aromatic heterocycles. The van der Waals surface area contributed by atoms with Crippen molar-refractivity contribution in [3.8, 4) is 5.75 Å². The quantitative estimate of drug-likeness (QED) is 0.462. The Morgan fingerprint density at radius 2 is 2.00 bits per heavy atom. The van der Waals surface area contributed by atoms with Gasteiger partial charge >= 0.3 is 0 Å². The summed E-state index contributed by atoms with van der Waals surface area (Å²) < 4.78 is 27.7. The lowest BCUT2D eigenvalue weighted by atomic mass is 10.2. The molecule has 0 fully saturated rings. The number of hydrogen-bond acceptors (Lipinski definition) is 7. The molecular formula is C14H14N4O5S. The highest BCUT2D eigenvalue weighted by Gasteiger charge is 2.18. The van der Waals surface area contributed by atoms with E-state index in [1.165, 1.54) is 19.4 Å². The molecule has 0 unspecified atom stereocenters. The van der Waals surface area contributed by atoms with Gasteiger partial charge in [0.05, 0.1) is 23.1 Å². The lowest BCUT2D eigenvalue weighted by Gasteiger charge is -2.05. The predicted molar refractivity (Wildman–Crippen MR) is 88.7 cm³/mol. The van der Waals surface area contributed by atoms with Crippen molar-refractivity contribution in [1.82, 2.24) is 0 Å². The minimum absolute atomic E-state index is 0.0264. The summed E-state index contributed by atoms with van der Waals surface area (Å²) in [7, 11) is -2.52. The summed E-state index contributed by atoms with van der Waals surface area (Å²) in [6, 6.07) is 10.3. The number of benzene rings is 2. The van der Waals surface area contributed by atoms with Crippen molar-refractivity contribution >= 4 is 27.6 Å². The number of methoxy groups -OCH3 is 1. The molecule has 0 saturated heterocycles. The number of hydrogen-bond donors (Lipinski definition) is 2. The summed E-state index contributed by atoms with van der Waals surface area (Å²) >= 11 is 0. The van der Waals surface area contributed by atoms with E-state index in [1.807, 2.05) is 0 Å². The van der Waals surface area contributed by atoms with Gasteiger partial charge in [-0.05, 0) is 24.3 Å². The zero-order chi connectivity index (χ0) is 17.7. The molecule has 3 N–H and O–H groups in total. The number of ether oxygens (including phenoxy) is 1. The zero-order valence-corrected chi connectivity index (χ0v) is 13.4. The first-order chi connectivity index (χ1) is 11.3. The molecule has 0 spiro atoms. The molecule has 0 aliphatic carbocycles. The van der Waals surface area contributed by atoms with E-state index in [1.54, 1.807) is 24.3 Å². The fourth-order valence-corrected chi connectivity index (χ4v) is 2.41. The standard InChI is InChI=1S/C14H14N4O5S/c1-23-14-5-3-2-4-10(14)9-16-17-12-7-6-11(24(15,21)22)8-13(12)18(19)20/h2-9,17H,1H3,(H2,15,21,22). The van der Waals surface area contributed by atoms with Gasteiger partial charge in [-0.2, -0.15) is 5.10 Å². The second-order valence-electron chi connectivity index (χ2n) is 4.59. The molecule has 0 bridgehead atoms. The van der Waals surface area contributed by atoms with E-state index >= 15 is 0 Å². The van der Waals surface area contributed by atoms with Gasteiger partial charge in [-0.15, -0.1) is 0 Å². The molecule has 0 amide bonds. The SMILES string of the molecule is COc1ccccc1C=NNc1ccc(S(N)(=O)=O)cc1[N+](=O)[O-]. The zero-order valence-electron chi connectivity index (χ0n) is 12.5. The Morgan fingerprint density at radius 1 is 1.29 bits per heavy atom. The summed E-state index contributed by atoms with van der Waals surface area (Å²) in [5.41, 5.74) is 2.74. The molecule has 9 nitrogen and oxygen atoms in total. The van der Waals surface area contributed by atoms with Crippen molar-refractivity contribution in [3.05, 3.63) is 58.1 Å². The molecule has 2 rings (SSSR count). The fraction of sp³-hybridized carbons (Fsp3) is 0.0714. The Morgan fingerprint density at radius 3 is 2.62 bits per heavy atom. The third kappa shape index (κ3) is 4.06. The van der Waals surface area contributed by atoms with Crippen molar-refractivity contribution < 1.29 is 18.1 Å². The maximum Gasteiger partial charge on any atom is 0.295 e. The van der Waals surface area contributed by atoms with E-state index in [4.69, 9.17) is 9.88 Å². The molecule has 0 radical (unpaired) electrons. The first-order valence-electron chi connectivity index (χ1n) is 6.56. The minimum Gasteiger partial charge on any atom is -0.496 e. The van der Waals surface area contributed by atoms with E-state index in [2.05, 4.69) is 10.5 Å². The molecule has 126 valence electrons. The van der Waals surface area contributed by atoms with Crippen LogP contribution in [0, 0.1) is 10.1 Å².